The molecule has 0 aliphatic carbocycles. The Hall–Kier alpha value is -2.29. The van der Waals surface area contributed by atoms with Gasteiger partial charge in [-0.1, -0.05) is 48.3 Å². The van der Waals surface area contributed by atoms with Crippen LogP contribution in [-0.4, -0.2) is 50.0 Å². The SMILES string of the molecule is CC[C@@H](C)NC(=O)[C@@H](C)N(Cc1ccc(Cl)c(Cl)c1)C(=O)CCCN(c1cccc(C)c1)S(C)(=O)=O. The van der Waals surface area contributed by atoms with E-state index < -0.39 is 16.1 Å². The van der Waals surface area contributed by atoms with E-state index in [2.05, 4.69) is 5.32 Å². The van der Waals surface area contributed by atoms with Crippen molar-refractivity contribution in [3.8, 4) is 0 Å². The van der Waals surface area contributed by atoms with Crippen molar-refractivity contribution in [3.05, 3.63) is 63.6 Å². The van der Waals surface area contributed by atoms with Gasteiger partial charge in [-0.15, -0.1) is 0 Å². The Balaban J connectivity index is 2.20. The maximum absolute atomic E-state index is 13.3. The van der Waals surface area contributed by atoms with Gasteiger partial charge in [-0.25, -0.2) is 8.42 Å². The van der Waals surface area contributed by atoms with Gasteiger partial charge >= 0.3 is 0 Å². The van der Waals surface area contributed by atoms with Crippen molar-refractivity contribution in [3.63, 3.8) is 0 Å². The number of hydrogen-bond acceptors (Lipinski definition) is 4. The second-order valence-corrected chi connectivity index (χ2v) is 11.8. The number of amides is 2. The van der Waals surface area contributed by atoms with Gasteiger partial charge in [-0.05, 0) is 69.0 Å². The van der Waals surface area contributed by atoms with Crippen LogP contribution in [0.15, 0.2) is 42.5 Å². The largest absolute Gasteiger partial charge is 0.352 e. The number of carbonyl (C=O) groups is 2. The Bertz CT molecular complexity index is 1170. The van der Waals surface area contributed by atoms with Crippen LogP contribution < -0.4 is 9.62 Å². The second-order valence-electron chi connectivity index (χ2n) is 9.04. The number of anilines is 1. The first-order chi connectivity index (χ1) is 16.8. The minimum Gasteiger partial charge on any atom is -0.352 e. The minimum atomic E-state index is -3.54. The van der Waals surface area contributed by atoms with E-state index in [-0.39, 0.29) is 43.8 Å². The highest BCUT2D eigenvalue weighted by molar-refractivity contribution is 7.92. The first-order valence-corrected chi connectivity index (χ1v) is 14.5. The van der Waals surface area contributed by atoms with Crippen LogP contribution in [-0.2, 0) is 26.2 Å². The fourth-order valence-electron chi connectivity index (χ4n) is 3.67. The molecule has 0 bridgehead atoms. The lowest BCUT2D eigenvalue weighted by Gasteiger charge is -2.30. The molecule has 2 atom stereocenters. The molecule has 0 aromatic heterocycles. The molecule has 2 rings (SSSR count). The summed E-state index contributed by atoms with van der Waals surface area (Å²) in [5, 5.41) is 3.69. The van der Waals surface area contributed by atoms with Gasteiger partial charge in [0.1, 0.15) is 6.04 Å². The average Bonchev–Trinajstić information content (AvgIpc) is 2.80. The van der Waals surface area contributed by atoms with E-state index in [4.69, 9.17) is 23.2 Å². The van der Waals surface area contributed by atoms with Gasteiger partial charge < -0.3 is 10.2 Å². The monoisotopic (exact) mass is 555 g/mol. The lowest BCUT2D eigenvalue weighted by molar-refractivity contribution is -0.140. The summed E-state index contributed by atoms with van der Waals surface area (Å²) in [4.78, 5) is 27.7. The van der Waals surface area contributed by atoms with Crippen molar-refractivity contribution in [2.75, 3.05) is 17.1 Å². The van der Waals surface area contributed by atoms with Crippen molar-refractivity contribution in [1.82, 2.24) is 10.2 Å². The molecule has 0 radical (unpaired) electrons. The van der Waals surface area contributed by atoms with Gasteiger partial charge in [0.25, 0.3) is 0 Å². The lowest BCUT2D eigenvalue weighted by Crippen LogP contribution is -2.49. The Kier molecular flexibility index (Phi) is 11.1. The van der Waals surface area contributed by atoms with Crippen LogP contribution in [0.2, 0.25) is 10.0 Å². The van der Waals surface area contributed by atoms with Gasteiger partial charge in [0.05, 0.1) is 22.0 Å². The molecule has 0 saturated carbocycles. The molecule has 0 aliphatic heterocycles. The smallest absolute Gasteiger partial charge is 0.242 e. The fraction of sp³-hybridized carbons (Fsp3) is 0.462. The number of sulfonamides is 1. The van der Waals surface area contributed by atoms with Crippen LogP contribution in [0.1, 0.15) is 51.2 Å². The summed E-state index contributed by atoms with van der Waals surface area (Å²) in [6.45, 7) is 7.75. The van der Waals surface area contributed by atoms with E-state index in [9.17, 15) is 18.0 Å². The number of halogens is 2. The third-order valence-corrected chi connectivity index (χ3v) is 7.88. The van der Waals surface area contributed by atoms with Gasteiger partial charge in [0.2, 0.25) is 21.8 Å². The first-order valence-electron chi connectivity index (χ1n) is 11.9. The predicted molar refractivity (Wildman–Crippen MR) is 147 cm³/mol. The minimum absolute atomic E-state index is 0.0282. The Morgan fingerprint density at radius 2 is 1.75 bits per heavy atom. The highest BCUT2D eigenvalue weighted by Crippen LogP contribution is 2.24. The molecule has 1 N–H and O–H groups in total. The Morgan fingerprint density at radius 1 is 1.06 bits per heavy atom. The topological polar surface area (TPSA) is 86.8 Å². The van der Waals surface area contributed by atoms with E-state index in [1.54, 1.807) is 43.3 Å². The second kappa shape index (κ2) is 13.3. The number of carbonyl (C=O) groups excluding carboxylic acids is 2. The Morgan fingerprint density at radius 3 is 2.33 bits per heavy atom. The molecule has 2 aromatic rings. The zero-order valence-electron chi connectivity index (χ0n) is 21.4. The predicted octanol–water partition coefficient (Wildman–Crippen LogP) is 5.18. The molecule has 0 fully saturated rings. The molecule has 0 spiro atoms. The molecule has 0 heterocycles. The van der Waals surface area contributed by atoms with Gasteiger partial charge in [0, 0.05) is 25.6 Å². The zero-order valence-corrected chi connectivity index (χ0v) is 23.8. The zero-order chi connectivity index (χ0) is 27.0. The number of nitrogens with zero attached hydrogens (tertiary/aromatic N) is 2. The maximum Gasteiger partial charge on any atom is 0.242 e. The van der Waals surface area contributed by atoms with E-state index in [1.165, 1.54) is 9.21 Å². The molecule has 0 aliphatic rings. The lowest BCUT2D eigenvalue weighted by atomic mass is 10.1. The fourth-order valence-corrected chi connectivity index (χ4v) is 4.95. The number of benzene rings is 2. The summed E-state index contributed by atoms with van der Waals surface area (Å²) in [5.74, 6) is -0.513. The number of rotatable bonds is 12. The van der Waals surface area contributed by atoms with E-state index in [1.807, 2.05) is 26.8 Å². The summed E-state index contributed by atoms with van der Waals surface area (Å²) in [7, 11) is -3.54. The number of nitrogens with one attached hydrogen (secondary N) is 1. The number of aryl methyl sites for hydroxylation is 1. The van der Waals surface area contributed by atoms with Crippen LogP contribution >= 0.6 is 23.2 Å². The molecule has 7 nitrogen and oxygen atoms in total. The van der Waals surface area contributed by atoms with Crippen LogP contribution in [0, 0.1) is 6.92 Å². The summed E-state index contributed by atoms with van der Waals surface area (Å²) >= 11 is 12.2. The summed E-state index contributed by atoms with van der Waals surface area (Å²) in [6, 6.07) is 11.5. The van der Waals surface area contributed by atoms with Crippen LogP contribution in [0.4, 0.5) is 5.69 Å². The first kappa shape index (κ1) is 29.9. The van der Waals surface area contributed by atoms with Crippen molar-refractivity contribution in [1.29, 1.82) is 0 Å². The van der Waals surface area contributed by atoms with Gasteiger partial charge in [0.15, 0.2) is 0 Å². The van der Waals surface area contributed by atoms with Crippen LogP contribution in [0.25, 0.3) is 0 Å². The van der Waals surface area contributed by atoms with E-state index in [0.717, 1.165) is 23.8 Å². The molecule has 198 valence electrons. The third kappa shape index (κ3) is 8.68. The molecular weight excluding hydrogens is 521 g/mol. The van der Waals surface area contributed by atoms with Gasteiger partial charge in [-0.3, -0.25) is 13.9 Å². The standard InChI is InChI=1S/C26H35Cl2N3O4S/c1-6-19(3)29-26(33)20(4)30(17-21-12-13-23(27)24(28)16-21)25(32)11-8-14-31(36(5,34)35)22-10-7-9-18(2)15-22/h7,9-10,12-13,15-16,19-20H,6,8,11,14,17H2,1-5H3,(H,29,33)/t19-,20-/m1/s1. The summed E-state index contributed by atoms with van der Waals surface area (Å²) in [6.07, 6.45) is 2.27. The van der Waals surface area contributed by atoms with Crippen molar-refractivity contribution in [2.45, 2.75) is 65.6 Å². The van der Waals surface area contributed by atoms with Crippen LogP contribution in [0.3, 0.4) is 0 Å². The normalized spacial score (nSPS) is 13.1. The molecular formula is C26H35Cl2N3O4S. The molecule has 2 amide bonds. The van der Waals surface area contributed by atoms with E-state index >= 15 is 0 Å². The average molecular weight is 557 g/mol. The van der Waals surface area contributed by atoms with E-state index in [0.29, 0.717) is 15.7 Å². The molecule has 0 unspecified atom stereocenters. The van der Waals surface area contributed by atoms with Gasteiger partial charge in [-0.2, -0.15) is 0 Å². The van der Waals surface area contributed by atoms with Crippen molar-refractivity contribution >= 4 is 50.7 Å². The van der Waals surface area contributed by atoms with Crippen molar-refractivity contribution < 1.29 is 18.0 Å². The summed E-state index contributed by atoms with van der Waals surface area (Å²) < 4.78 is 26.2. The molecule has 36 heavy (non-hydrogen) atoms. The quantitative estimate of drug-likeness (QED) is 0.391. The maximum atomic E-state index is 13.3. The third-order valence-electron chi connectivity index (χ3n) is 5.95. The molecule has 10 heteroatoms. The highest BCUT2D eigenvalue weighted by Gasteiger charge is 2.27. The molecule has 2 aromatic carbocycles. The Labute approximate surface area is 224 Å². The molecule has 0 saturated heterocycles. The summed E-state index contributed by atoms with van der Waals surface area (Å²) in [5.41, 5.74) is 2.23. The number of hydrogen-bond donors (Lipinski definition) is 1. The van der Waals surface area contributed by atoms with Crippen LogP contribution in [0.5, 0.6) is 0 Å². The highest BCUT2D eigenvalue weighted by atomic mass is 35.5. The van der Waals surface area contributed by atoms with Crippen molar-refractivity contribution in [2.24, 2.45) is 0 Å².